The molecule has 2 aliphatic rings. The maximum absolute atomic E-state index is 11.4. The monoisotopic (exact) mass is 727 g/mol. The van der Waals surface area contributed by atoms with Crippen LogP contribution in [0.15, 0.2) is 78.5 Å². The largest absolute Gasteiger partial charge is 0.481 e. The maximum Gasteiger partial charge on any atom is 0.303 e. The Labute approximate surface area is 297 Å². The zero-order chi connectivity index (χ0) is 36.7. The van der Waals surface area contributed by atoms with Crippen molar-refractivity contribution in [3.63, 3.8) is 0 Å². The normalized spacial score (nSPS) is 19.6. The van der Waals surface area contributed by atoms with Gasteiger partial charge in [0.25, 0.3) is 20.2 Å². The number of anilines is 1. The molecule has 2 aromatic rings. The number of unbranched alkanes of at least 4 members (excludes halogenated alkanes) is 3. The Morgan fingerprint density at radius 2 is 1.52 bits per heavy atom. The van der Waals surface area contributed by atoms with E-state index in [1.807, 2.05) is 37.3 Å². The van der Waals surface area contributed by atoms with Crippen LogP contribution in [0, 0.1) is 6.92 Å². The standard InChI is InChI=1S/C38H50N2O8S2/c1-29-21-22-31-33(28-29)40(25-13-15-27-50(46,47)48)35(38(31,4)23-11-10-20-36(41)42)19-7-5-6-18-34-37(2,3)30-16-8-9-17-32(30)39(34)24-12-14-26-49(43,44)45/h5-9,16-19,21-22,28H,10-15,20,23-27H2,1-4H3,(H2-,41,42,43,44,45,46,47,48)/p+1. The van der Waals surface area contributed by atoms with Gasteiger partial charge in [-0.3, -0.25) is 13.9 Å². The Morgan fingerprint density at radius 1 is 0.840 bits per heavy atom. The highest BCUT2D eigenvalue weighted by molar-refractivity contribution is 7.86. The van der Waals surface area contributed by atoms with Crippen molar-refractivity contribution in [1.29, 1.82) is 0 Å². The molecule has 0 aliphatic carbocycles. The van der Waals surface area contributed by atoms with Crippen molar-refractivity contribution in [3.8, 4) is 0 Å². The average molecular weight is 728 g/mol. The molecule has 50 heavy (non-hydrogen) atoms. The van der Waals surface area contributed by atoms with E-state index in [9.17, 15) is 35.8 Å². The lowest BCUT2D eigenvalue weighted by atomic mass is 9.77. The molecule has 0 fully saturated rings. The van der Waals surface area contributed by atoms with Crippen LogP contribution in [0.1, 0.15) is 88.8 Å². The maximum atomic E-state index is 11.4. The van der Waals surface area contributed by atoms with Gasteiger partial charge in [-0.2, -0.15) is 21.4 Å². The Morgan fingerprint density at radius 3 is 2.20 bits per heavy atom. The van der Waals surface area contributed by atoms with Crippen molar-refractivity contribution in [1.82, 2.24) is 0 Å². The summed E-state index contributed by atoms with van der Waals surface area (Å²) in [4.78, 5) is 13.5. The van der Waals surface area contributed by atoms with Gasteiger partial charge in [0.1, 0.15) is 6.54 Å². The molecule has 0 bridgehead atoms. The summed E-state index contributed by atoms with van der Waals surface area (Å²) in [6.07, 6.45) is 14.1. The quantitative estimate of drug-likeness (QED) is 0.0631. The first-order valence-corrected chi connectivity index (χ1v) is 20.5. The fourth-order valence-corrected chi connectivity index (χ4v) is 8.42. The lowest BCUT2D eigenvalue weighted by molar-refractivity contribution is -0.438. The number of para-hydroxylation sites is 1. The number of nitrogens with zero attached hydrogens (tertiary/aromatic N) is 2. The van der Waals surface area contributed by atoms with E-state index in [1.165, 1.54) is 5.56 Å². The van der Waals surface area contributed by atoms with E-state index in [4.69, 9.17) is 0 Å². The summed E-state index contributed by atoms with van der Waals surface area (Å²) in [5.74, 6) is -1.38. The first-order chi connectivity index (χ1) is 23.4. The Balaban J connectivity index is 1.65. The van der Waals surface area contributed by atoms with Crippen LogP contribution in [-0.4, -0.2) is 71.9 Å². The van der Waals surface area contributed by atoms with E-state index in [0.717, 1.165) is 46.8 Å². The zero-order valence-corrected chi connectivity index (χ0v) is 31.1. The highest BCUT2D eigenvalue weighted by atomic mass is 32.2. The number of hydrogen-bond donors (Lipinski definition) is 3. The van der Waals surface area contributed by atoms with Crippen molar-refractivity contribution in [2.45, 2.75) is 89.9 Å². The van der Waals surface area contributed by atoms with Crippen LogP contribution in [0.2, 0.25) is 0 Å². The predicted octanol–water partition coefficient (Wildman–Crippen LogP) is 7.13. The highest BCUT2D eigenvalue weighted by Gasteiger charge is 2.44. The number of hydrogen-bond acceptors (Lipinski definition) is 6. The second-order valence-electron chi connectivity index (χ2n) is 14.1. The van der Waals surface area contributed by atoms with Gasteiger partial charge in [-0.1, -0.05) is 55.0 Å². The van der Waals surface area contributed by atoms with E-state index in [2.05, 4.69) is 72.7 Å². The molecule has 3 N–H and O–H groups in total. The van der Waals surface area contributed by atoms with E-state index < -0.39 is 31.6 Å². The fraction of sp³-hybridized carbons (Fsp3) is 0.474. The van der Waals surface area contributed by atoms with Crippen LogP contribution < -0.4 is 4.90 Å². The van der Waals surface area contributed by atoms with Gasteiger partial charge in [0, 0.05) is 53.9 Å². The van der Waals surface area contributed by atoms with Crippen LogP contribution in [0.3, 0.4) is 0 Å². The number of allylic oxidation sites excluding steroid dienone is 6. The summed E-state index contributed by atoms with van der Waals surface area (Å²) >= 11 is 0. The van der Waals surface area contributed by atoms with Crippen molar-refractivity contribution in [2.75, 3.05) is 29.5 Å². The van der Waals surface area contributed by atoms with Crippen LogP contribution >= 0.6 is 0 Å². The van der Waals surface area contributed by atoms with Crippen molar-refractivity contribution < 1.29 is 40.4 Å². The lowest BCUT2D eigenvalue weighted by Crippen LogP contribution is -2.29. The molecule has 0 spiro atoms. The van der Waals surface area contributed by atoms with Crippen molar-refractivity contribution in [3.05, 3.63) is 95.2 Å². The number of fused-ring (bicyclic) bond motifs is 2. The van der Waals surface area contributed by atoms with E-state index in [1.54, 1.807) is 0 Å². The summed E-state index contributed by atoms with van der Waals surface area (Å²) in [5.41, 5.74) is 7.00. The predicted molar refractivity (Wildman–Crippen MR) is 199 cm³/mol. The molecule has 272 valence electrons. The molecule has 4 rings (SSSR count). The average Bonchev–Trinajstić information content (AvgIpc) is 3.37. The van der Waals surface area contributed by atoms with Crippen molar-refractivity contribution in [2.24, 2.45) is 0 Å². The van der Waals surface area contributed by atoms with Gasteiger partial charge in [0.2, 0.25) is 5.69 Å². The van der Waals surface area contributed by atoms with Gasteiger partial charge in [0.05, 0.1) is 16.9 Å². The summed E-state index contributed by atoms with van der Waals surface area (Å²) < 4.78 is 66.0. The van der Waals surface area contributed by atoms with Gasteiger partial charge in [0.15, 0.2) is 5.71 Å². The first kappa shape index (κ1) is 39.2. The van der Waals surface area contributed by atoms with Crippen LogP contribution in [0.25, 0.3) is 0 Å². The summed E-state index contributed by atoms with van der Waals surface area (Å²) in [6.45, 7) is 9.72. The summed E-state index contributed by atoms with van der Waals surface area (Å²) in [5, 5.41) is 9.23. The molecular weight excluding hydrogens is 677 g/mol. The molecule has 0 aromatic heterocycles. The van der Waals surface area contributed by atoms with E-state index in [0.29, 0.717) is 45.2 Å². The molecule has 2 heterocycles. The minimum atomic E-state index is -4.06. The number of aryl methyl sites for hydroxylation is 1. The molecule has 0 radical (unpaired) electrons. The summed E-state index contributed by atoms with van der Waals surface area (Å²) in [6, 6.07) is 14.6. The minimum Gasteiger partial charge on any atom is -0.481 e. The van der Waals surface area contributed by atoms with Gasteiger partial charge in [-0.25, -0.2) is 0 Å². The molecule has 0 saturated heterocycles. The number of rotatable bonds is 18. The fourth-order valence-electron chi connectivity index (χ4n) is 7.28. The molecule has 1 unspecified atom stereocenters. The first-order valence-electron chi connectivity index (χ1n) is 17.2. The molecule has 1 atom stereocenters. The Kier molecular flexibility index (Phi) is 12.7. The smallest absolute Gasteiger partial charge is 0.303 e. The molecule has 0 amide bonds. The second-order valence-corrected chi connectivity index (χ2v) is 17.2. The molecule has 2 aliphatic heterocycles. The highest BCUT2D eigenvalue weighted by Crippen LogP contribution is 2.51. The number of benzene rings is 2. The molecule has 2 aromatic carbocycles. The number of aliphatic carboxylic acids is 1. The van der Waals surface area contributed by atoms with Crippen LogP contribution in [-0.2, 0) is 35.9 Å². The third kappa shape index (κ3) is 9.80. The zero-order valence-electron chi connectivity index (χ0n) is 29.5. The Hall–Kier alpha value is -3.58. The number of carboxylic acid groups (broad SMARTS) is 1. The topological polar surface area (TPSA) is 152 Å². The number of carbonyl (C=O) groups is 1. The van der Waals surface area contributed by atoms with Crippen LogP contribution in [0.5, 0.6) is 0 Å². The SMILES string of the molecule is Cc1ccc2c(c1)N(CCCCS(=O)(=O)O)/C(=C/C=C/C=C/C1=[N+](CCCCS(=O)(=O)O)c3ccccc3C1(C)C)C2(C)CCCCC(=O)O. The third-order valence-electron chi connectivity index (χ3n) is 9.81. The minimum absolute atomic E-state index is 0.108. The molecule has 0 saturated carbocycles. The van der Waals surface area contributed by atoms with E-state index in [-0.39, 0.29) is 23.3 Å². The van der Waals surface area contributed by atoms with Crippen molar-refractivity contribution >= 4 is 43.3 Å². The van der Waals surface area contributed by atoms with Gasteiger partial charge >= 0.3 is 5.97 Å². The Bertz CT molecular complexity index is 1910. The van der Waals surface area contributed by atoms with Gasteiger partial charge < -0.3 is 10.0 Å². The molecular formula is C38H51N2O8S2+. The van der Waals surface area contributed by atoms with E-state index >= 15 is 0 Å². The number of carboxylic acids is 1. The summed E-state index contributed by atoms with van der Waals surface area (Å²) in [7, 11) is -8.07. The third-order valence-corrected chi connectivity index (χ3v) is 11.4. The second kappa shape index (κ2) is 16.2. The lowest BCUT2D eigenvalue weighted by Gasteiger charge is -2.30. The van der Waals surface area contributed by atoms with Gasteiger partial charge in [-0.05, 0) is 83.1 Å². The van der Waals surface area contributed by atoms with Gasteiger partial charge in [-0.15, -0.1) is 0 Å². The molecule has 12 heteroatoms. The molecule has 10 nitrogen and oxygen atoms in total. The van der Waals surface area contributed by atoms with Crippen LogP contribution in [0.4, 0.5) is 11.4 Å².